The Morgan fingerprint density at radius 2 is 1.83 bits per heavy atom. The predicted molar refractivity (Wildman–Crippen MR) is 96.8 cm³/mol. The van der Waals surface area contributed by atoms with E-state index >= 15 is 0 Å². The summed E-state index contributed by atoms with van der Waals surface area (Å²) in [5, 5.41) is 10.2. The molecule has 0 radical (unpaired) electrons. The number of aliphatic hydroxyl groups is 1. The van der Waals surface area contributed by atoms with Crippen LogP contribution in [0.1, 0.15) is 44.2 Å². The molecule has 3 atom stereocenters. The van der Waals surface area contributed by atoms with Crippen LogP contribution in [0.15, 0.2) is 18.2 Å². The molecule has 0 aromatic heterocycles. The molecule has 1 heterocycles. The quantitative estimate of drug-likeness (QED) is 0.713. The zero-order valence-corrected chi connectivity index (χ0v) is 15.7. The molecule has 4 heteroatoms. The average Bonchev–Trinajstić information content (AvgIpc) is 2.54. The highest BCUT2D eigenvalue weighted by Gasteiger charge is 2.30. The van der Waals surface area contributed by atoms with Crippen LogP contribution in [0, 0.1) is 13.8 Å². The monoisotopic (exact) mass is 336 g/mol. The Hall–Kier alpha value is -1.10. The predicted octanol–water partition coefficient (Wildman–Crippen LogP) is 1.91. The molecule has 1 aliphatic heterocycles. The molecule has 0 bridgehead atoms. The minimum atomic E-state index is -0.399. The van der Waals surface area contributed by atoms with Crippen LogP contribution in [0.3, 0.4) is 0 Å². The van der Waals surface area contributed by atoms with Gasteiger partial charge in [0, 0.05) is 0 Å². The summed E-state index contributed by atoms with van der Waals surface area (Å²) < 4.78 is 11.3. The van der Waals surface area contributed by atoms with Crippen molar-refractivity contribution in [1.82, 2.24) is 0 Å². The second-order valence-electron chi connectivity index (χ2n) is 7.34. The van der Waals surface area contributed by atoms with Gasteiger partial charge in [-0.25, -0.2) is 0 Å². The average molecular weight is 336 g/mol. The van der Waals surface area contributed by atoms with Crippen molar-refractivity contribution in [2.75, 3.05) is 26.4 Å². The van der Waals surface area contributed by atoms with Crippen LogP contribution in [0.25, 0.3) is 0 Å². The van der Waals surface area contributed by atoms with Crippen molar-refractivity contribution in [3.8, 4) is 5.75 Å². The lowest BCUT2D eigenvalue weighted by Gasteiger charge is -2.36. The fourth-order valence-corrected chi connectivity index (χ4v) is 3.56. The third-order valence-electron chi connectivity index (χ3n) is 5.30. The molecule has 2 N–H and O–H groups in total. The van der Waals surface area contributed by atoms with Crippen molar-refractivity contribution in [2.45, 2.75) is 65.1 Å². The molecule has 4 nitrogen and oxygen atoms in total. The summed E-state index contributed by atoms with van der Waals surface area (Å²) in [5.74, 6) is 0.877. The third-order valence-corrected chi connectivity index (χ3v) is 5.30. The van der Waals surface area contributed by atoms with E-state index < -0.39 is 6.10 Å². The summed E-state index contributed by atoms with van der Waals surface area (Å²) in [6, 6.07) is 7.37. The van der Waals surface area contributed by atoms with Gasteiger partial charge in [0.05, 0.1) is 25.3 Å². The second kappa shape index (κ2) is 9.40. The van der Waals surface area contributed by atoms with Gasteiger partial charge in [-0.15, -0.1) is 0 Å². The van der Waals surface area contributed by atoms with E-state index in [1.54, 1.807) is 0 Å². The Balaban J connectivity index is 1.62. The van der Waals surface area contributed by atoms with Crippen LogP contribution in [0.5, 0.6) is 5.75 Å². The molecule has 0 spiro atoms. The smallest absolute Gasteiger partial charge is 0.126 e. The van der Waals surface area contributed by atoms with E-state index in [1.165, 1.54) is 35.3 Å². The van der Waals surface area contributed by atoms with Gasteiger partial charge in [-0.2, -0.15) is 0 Å². The number of rotatable bonds is 8. The largest absolute Gasteiger partial charge is 0.491 e. The van der Waals surface area contributed by atoms with Crippen molar-refractivity contribution in [3.05, 3.63) is 29.3 Å². The van der Waals surface area contributed by atoms with Crippen molar-refractivity contribution in [1.29, 1.82) is 0 Å². The lowest BCUT2D eigenvalue weighted by atomic mass is 9.97. The first-order valence-electron chi connectivity index (χ1n) is 9.28. The van der Waals surface area contributed by atoms with Gasteiger partial charge in [0.15, 0.2) is 0 Å². The first-order valence-corrected chi connectivity index (χ1v) is 9.28. The number of quaternary nitrogens is 1. The van der Waals surface area contributed by atoms with Crippen LogP contribution in [0.4, 0.5) is 0 Å². The maximum Gasteiger partial charge on any atom is 0.126 e. The van der Waals surface area contributed by atoms with E-state index in [1.807, 2.05) is 12.1 Å². The van der Waals surface area contributed by atoms with Gasteiger partial charge in [-0.05, 0) is 70.2 Å². The lowest BCUT2D eigenvalue weighted by Crippen LogP contribution is -3.20. The summed E-state index contributed by atoms with van der Waals surface area (Å²) in [7, 11) is 0. The maximum absolute atomic E-state index is 10.2. The number of piperidine rings is 1. The third kappa shape index (κ3) is 5.76. The highest BCUT2D eigenvalue weighted by Crippen LogP contribution is 2.16. The van der Waals surface area contributed by atoms with Gasteiger partial charge in [-0.1, -0.05) is 6.07 Å². The number of aryl methyl sites for hydroxylation is 2. The Bertz CT molecular complexity index is 496. The van der Waals surface area contributed by atoms with Gasteiger partial charge in [0.2, 0.25) is 0 Å². The first kappa shape index (κ1) is 19.2. The molecule has 1 aromatic carbocycles. The molecular formula is C20H34NO3+. The van der Waals surface area contributed by atoms with Crippen LogP contribution < -0.4 is 9.64 Å². The second-order valence-corrected chi connectivity index (χ2v) is 7.34. The van der Waals surface area contributed by atoms with Crippen LogP contribution in [0.2, 0.25) is 0 Å². The Labute approximate surface area is 146 Å². The van der Waals surface area contributed by atoms with Gasteiger partial charge in [-0.3, -0.25) is 0 Å². The summed E-state index contributed by atoms with van der Waals surface area (Å²) >= 11 is 0. The van der Waals surface area contributed by atoms with Gasteiger partial charge in [0.25, 0.3) is 0 Å². The van der Waals surface area contributed by atoms with Crippen LogP contribution in [-0.2, 0) is 4.74 Å². The lowest BCUT2D eigenvalue weighted by molar-refractivity contribution is -0.954. The van der Waals surface area contributed by atoms with E-state index in [4.69, 9.17) is 9.47 Å². The summed E-state index contributed by atoms with van der Waals surface area (Å²) in [4.78, 5) is 1.52. The molecule has 0 unspecified atom stereocenters. The van der Waals surface area contributed by atoms with Crippen LogP contribution >= 0.6 is 0 Å². The molecule has 0 saturated carbocycles. The molecule has 1 saturated heterocycles. The minimum absolute atomic E-state index is 0.388. The topological polar surface area (TPSA) is 43.1 Å². The van der Waals surface area contributed by atoms with Crippen molar-refractivity contribution < 1.29 is 19.5 Å². The summed E-state index contributed by atoms with van der Waals surface area (Å²) in [6.07, 6.45) is 3.44. The van der Waals surface area contributed by atoms with Gasteiger partial charge < -0.3 is 19.5 Å². The van der Waals surface area contributed by atoms with E-state index in [9.17, 15) is 5.11 Å². The number of aliphatic hydroxyl groups excluding tert-OH is 1. The van der Waals surface area contributed by atoms with Crippen LogP contribution in [-0.4, -0.2) is 49.7 Å². The SMILES string of the molecule is Cc1ccc(OCCOC[C@H](O)C[NH+]2[C@@H](C)CCC[C@@H]2C)cc1C. The van der Waals surface area contributed by atoms with E-state index in [-0.39, 0.29) is 0 Å². The van der Waals surface area contributed by atoms with Crippen molar-refractivity contribution in [2.24, 2.45) is 0 Å². The standard InChI is InChI=1S/C20H33NO3/c1-15-8-9-20(12-16(15)2)24-11-10-23-14-19(22)13-21-17(3)6-5-7-18(21)4/h8-9,12,17-19,22H,5-7,10-11,13-14H2,1-4H3/p+1/t17-,18-,19+/m0/s1. The number of nitrogens with one attached hydrogen (secondary N) is 1. The molecule has 136 valence electrons. The normalized spacial score (nSPS) is 23.2. The van der Waals surface area contributed by atoms with Gasteiger partial charge in [0.1, 0.15) is 25.0 Å². The number of hydrogen-bond acceptors (Lipinski definition) is 3. The zero-order chi connectivity index (χ0) is 17.5. The zero-order valence-electron chi connectivity index (χ0n) is 15.7. The van der Waals surface area contributed by atoms with Gasteiger partial charge >= 0.3 is 0 Å². The molecule has 1 fully saturated rings. The molecular weight excluding hydrogens is 302 g/mol. The Morgan fingerprint density at radius 1 is 1.12 bits per heavy atom. The molecule has 1 aromatic rings. The van der Waals surface area contributed by atoms with E-state index in [0.717, 1.165) is 12.3 Å². The number of likely N-dealkylation sites (tertiary alicyclic amines) is 1. The highest BCUT2D eigenvalue weighted by molar-refractivity contribution is 5.33. The maximum atomic E-state index is 10.2. The van der Waals surface area contributed by atoms with Crippen molar-refractivity contribution in [3.63, 3.8) is 0 Å². The molecule has 0 aliphatic carbocycles. The number of hydrogen-bond donors (Lipinski definition) is 2. The first-order chi connectivity index (χ1) is 11.5. The Morgan fingerprint density at radius 3 is 2.50 bits per heavy atom. The molecule has 1 aliphatic rings. The fourth-order valence-electron chi connectivity index (χ4n) is 3.56. The number of benzene rings is 1. The summed E-state index contributed by atoms with van der Waals surface area (Å²) in [5.41, 5.74) is 2.50. The summed E-state index contributed by atoms with van der Waals surface area (Å²) in [6.45, 7) is 10.9. The van der Waals surface area contributed by atoms with Crippen molar-refractivity contribution >= 4 is 0 Å². The van der Waals surface area contributed by atoms with E-state index in [0.29, 0.717) is 31.9 Å². The molecule has 0 amide bonds. The highest BCUT2D eigenvalue weighted by atomic mass is 16.5. The van der Waals surface area contributed by atoms with E-state index in [2.05, 4.69) is 33.8 Å². The minimum Gasteiger partial charge on any atom is -0.491 e. The number of ether oxygens (including phenoxy) is 2. The fraction of sp³-hybridized carbons (Fsp3) is 0.700. The Kier molecular flexibility index (Phi) is 7.53. The molecule has 2 rings (SSSR count). The molecule has 24 heavy (non-hydrogen) atoms.